The van der Waals surface area contributed by atoms with E-state index in [2.05, 4.69) is 25.7 Å². The Morgan fingerprint density at radius 1 is 1.11 bits per heavy atom. The number of nitrogens with one attached hydrogen (secondary N) is 2. The minimum Gasteiger partial charge on any atom is -0.357 e. The van der Waals surface area contributed by atoms with Crippen LogP contribution in [0.1, 0.15) is 18.1 Å². The number of guanidine groups is 1. The highest BCUT2D eigenvalue weighted by molar-refractivity contribution is 5.79. The Balaban J connectivity index is 1.55. The lowest BCUT2D eigenvalue weighted by Crippen LogP contribution is -2.38. The summed E-state index contributed by atoms with van der Waals surface area (Å²) in [6.45, 7) is 4.04. The standard InChI is InChI=1S/C20H23FN6/c1-2-23-20(24-11-10-16-4-3-5-18(21)12-16)25-13-17-6-8-19(9-7-17)27-15-22-14-26-27/h3-9,12,14-15H,2,10-11,13H2,1H3,(H2,23,24,25). The van der Waals surface area contributed by atoms with Crippen LogP contribution in [-0.2, 0) is 13.0 Å². The fraction of sp³-hybridized carbons (Fsp3) is 0.250. The lowest BCUT2D eigenvalue weighted by molar-refractivity contribution is 0.625. The van der Waals surface area contributed by atoms with Crippen molar-refractivity contribution in [3.8, 4) is 5.69 Å². The highest BCUT2D eigenvalue weighted by Gasteiger charge is 2.01. The summed E-state index contributed by atoms with van der Waals surface area (Å²) in [5.74, 6) is 0.539. The van der Waals surface area contributed by atoms with Gasteiger partial charge < -0.3 is 10.6 Å². The number of hydrogen-bond donors (Lipinski definition) is 2. The fourth-order valence-electron chi connectivity index (χ4n) is 2.63. The first-order valence-corrected chi connectivity index (χ1v) is 8.95. The molecule has 0 unspecified atom stereocenters. The van der Waals surface area contributed by atoms with Gasteiger partial charge in [-0.2, -0.15) is 5.10 Å². The van der Waals surface area contributed by atoms with Crippen LogP contribution in [-0.4, -0.2) is 33.8 Å². The van der Waals surface area contributed by atoms with E-state index in [-0.39, 0.29) is 5.82 Å². The van der Waals surface area contributed by atoms with Crippen molar-refractivity contribution in [2.24, 2.45) is 4.99 Å². The van der Waals surface area contributed by atoms with Crippen LogP contribution in [0.2, 0.25) is 0 Å². The molecule has 3 aromatic rings. The molecule has 0 atom stereocenters. The Morgan fingerprint density at radius 2 is 1.96 bits per heavy atom. The van der Waals surface area contributed by atoms with Gasteiger partial charge in [0.1, 0.15) is 18.5 Å². The second-order valence-corrected chi connectivity index (χ2v) is 6.01. The van der Waals surface area contributed by atoms with Gasteiger partial charge in [-0.25, -0.2) is 19.0 Å². The summed E-state index contributed by atoms with van der Waals surface area (Å²) in [6.07, 6.45) is 3.91. The van der Waals surface area contributed by atoms with Crippen LogP contribution in [0, 0.1) is 5.82 Å². The van der Waals surface area contributed by atoms with Crippen LogP contribution in [0.4, 0.5) is 4.39 Å². The third kappa shape index (κ3) is 5.64. The average Bonchev–Trinajstić information content (AvgIpc) is 3.21. The van der Waals surface area contributed by atoms with E-state index in [4.69, 9.17) is 0 Å². The highest BCUT2D eigenvalue weighted by atomic mass is 19.1. The molecule has 1 aromatic heterocycles. The number of halogens is 1. The zero-order chi connectivity index (χ0) is 18.9. The van der Waals surface area contributed by atoms with Crippen molar-refractivity contribution in [1.29, 1.82) is 0 Å². The third-order valence-electron chi connectivity index (χ3n) is 3.98. The molecular weight excluding hydrogens is 343 g/mol. The average molecular weight is 366 g/mol. The van der Waals surface area contributed by atoms with E-state index in [0.717, 1.165) is 35.7 Å². The number of benzene rings is 2. The van der Waals surface area contributed by atoms with Gasteiger partial charge in [-0.15, -0.1) is 0 Å². The normalized spacial score (nSPS) is 11.4. The molecule has 0 bridgehead atoms. The molecule has 7 heteroatoms. The van der Waals surface area contributed by atoms with Crippen LogP contribution in [0.3, 0.4) is 0 Å². The topological polar surface area (TPSA) is 67.1 Å². The quantitative estimate of drug-likeness (QED) is 0.498. The van der Waals surface area contributed by atoms with Crippen LogP contribution in [0.25, 0.3) is 5.69 Å². The molecule has 0 spiro atoms. The molecule has 6 nitrogen and oxygen atoms in total. The predicted octanol–water partition coefficient (Wildman–Crippen LogP) is 2.70. The first kappa shape index (κ1) is 18.6. The maximum atomic E-state index is 13.2. The van der Waals surface area contributed by atoms with Crippen LogP contribution < -0.4 is 10.6 Å². The van der Waals surface area contributed by atoms with Crippen molar-refractivity contribution in [3.05, 3.63) is 78.1 Å². The Labute approximate surface area is 158 Å². The molecule has 1 heterocycles. The van der Waals surface area contributed by atoms with Gasteiger partial charge in [0, 0.05) is 13.1 Å². The van der Waals surface area contributed by atoms with Crippen molar-refractivity contribution in [3.63, 3.8) is 0 Å². The lowest BCUT2D eigenvalue weighted by Gasteiger charge is -2.11. The van der Waals surface area contributed by atoms with Gasteiger partial charge in [-0.3, -0.25) is 0 Å². The Hall–Kier alpha value is -3.22. The van der Waals surface area contributed by atoms with Crippen molar-refractivity contribution in [2.45, 2.75) is 19.9 Å². The number of aromatic nitrogens is 3. The van der Waals surface area contributed by atoms with E-state index < -0.39 is 0 Å². The summed E-state index contributed by atoms with van der Waals surface area (Å²) < 4.78 is 14.9. The predicted molar refractivity (Wildman–Crippen MR) is 104 cm³/mol. The monoisotopic (exact) mass is 366 g/mol. The number of aliphatic imine (C=N–C) groups is 1. The van der Waals surface area contributed by atoms with E-state index in [1.165, 1.54) is 12.4 Å². The van der Waals surface area contributed by atoms with E-state index in [0.29, 0.717) is 13.1 Å². The number of rotatable bonds is 7. The summed E-state index contributed by atoms with van der Waals surface area (Å²) >= 11 is 0. The van der Waals surface area contributed by atoms with Gasteiger partial charge in [-0.1, -0.05) is 24.3 Å². The van der Waals surface area contributed by atoms with Crippen molar-refractivity contribution >= 4 is 5.96 Å². The number of nitrogens with zero attached hydrogens (tertiary/aromatic N) is 4. The Morgan fingerprint density at radius 3 is 2.67 bits per heavy atom. The number of hydrogen-bond acceptors (Lipinski definition) is 3. The minimum absolute atomic E-state index is 0.206. The van der Waals surface area contributed by atoms with Gasteiger partial charge in [0.15, 0.2) is 5.96 Å². The summed E-state index contributed by atoms with van der Waals surface area (Å²) in [6, 6.07) is 14.7. The van der Waals surface area contributed by atoms with Crippen molar-refractivity contribution < 1.29 is 4.39 Å². The van der Waals surface area contributed by atoms with Gasteiger partial charge >= 0.3 is 0 Å². The van der Waals surface area contributed by atoms with Crippen LogP contribution in [0.5, 0.6) is 0 Å². The smallest absolute Gasteiger partial charge is 0.191 e. The molecule has 0 aliphatic rings. The summed E-state index contributed by atoms with van der Waals surface area (Å²) in [4.78, 5) is 8.56. The first-order valence-electron chi connectivity index (χ1n) is 8.95. The first-order chi connectivity index (χ1) is 13.2. The lowest BCUT2D eigenvalue weighted by atomic mass is 10.1. The second-order valence-electron chi connectivity index (χ2n) is 6.01. The minimum atomic E-state index is -0.206. The largest absolute Gasteiger partial charge is 0.357 e. The molecule has 2 aromatic carbocycles. The molecule has 0 aliphatic carbocycles. The van der Waals surface area contributed by atoms with Crippen molar-refractivity contribution in [1.82, 2.24) is 25.4 Å². The summed E-state index contributed by atoms with van der Waals surface area (Å²) in [5.41, 5.74) is 3.02. The van der Waals surface area contributed by atoms with Gasteiger partial charge in [0.05, 0.1) is 12.2 Å². The van der Waals surface area contributed by atoms with Gasteiger partial charge in [0.25, 0.3) is 0 Å². The molecule has 0 amide bonds. The van der Waals surface area contributed by atoms with E-state index in [1.54, 1.807) is 23.1 Å². The maximum Gasteiger partial charge on any atom is 0.191 e. The van der Waals surface area contributed by atoms with E-state index in [1.807, 2.05) is 37.3 Å². The molecule has 0 aliphatic heterocycles. The molecule has 0 saturated heterocycles. The highest BCUT2D eigenvalue weighted by Crippen LogP contribution is 2.09. The second kappa shape index (κ2) is 9.47. The van der Waals surface area contributed by atoms with E-state index in [9.17, 15) is 4.39 Å². The molecule has 0 saturated carbocycles. The Kier molecular flexibility index (Phi) is 6.51. The zero-order valence-corrected chi connectivity index (χ0v) is 15.3. The molecular formula is C20H23FN6. The van der Waals surface area contributed by atoms with Gasteiger partial charge in [0.2, 0.25) is 0 Å². The van der Waals surface area contributed by atoms with Crippen molar-refractivity contribution in [2.75, 3.05) is 13.1 Å². The molecule has 27 heavy (non-hydrogen) atoms. The molecule has 140 valence electrons. The fourth-order valence-corrected chi connectivity index (χ4v) is 2.63. The molecule has 2 N–H and O–H groups in total. The molecule has 0 radical (unpaired) electrons. The van der Waals surface area contributed by atoms with Crippen LogP contribution in [0.15, 0.2) is 66.2 Å². The summed E-state index contributed by atoms with van der Waals surface area (Å²) in [7, 11) is 0. The molecule has 0 fully saturated rings. The van der Waals surface area contributed by atoms with E-state index >= 15 is 0 Å². The van der Waals surface area contributed by atoms with Gasteiger partial charge in [-0.05, 0) is 48.7 Å². The van der Waals surface area contributed by atoms with Crippen LogP contribution >= 0.6 is 0 Å². The maximum absolute atomic E-state index is 13.2. The summed E-state index contributed by atoms with van der Waals surface area (Å²) in [5, 5.41) is 10.6. The zero-order valence-electron chi connectivity index (χ0n) is 15.3. The Bertz CT molecular complexity index is 858. The molecule has 3 rings (SSSR count). The third-order valence-corrected chi connectivity index (χ3v) is 3.98. The SMILES string of the molecule is CCNC(=NCc1ccc(-n2cncn2)cc1)NCCc1cccc(F)c1.